The first-order chi connectivity index (χ1) is 8.75. The van der Waals surface area contributed by atoms with Gasteiger partial charge in [-0.3, -0.25) is 9.69 Å². The number of hydrogen-bond donors (Lipinski definition) is 0. The van der Waals surface area contributed by atoms with Crippen LogP contribution in [-0.4, -0.2) is 55.4 Å². The molecule has 2 rings (SSSR count). The van der Waals surface area contributed by atoms with Gasteiger partial charge in [0.2, 0.25) is 0 Å². The van der Waals surface area contributed by atoms with Crippen molar-refractivity contribution in [3.63, 3.8) is 0 Å². The molecule has 18 heavy (non-hydrogen) atoms. The van der Waals surface area contributed by atoms with Gasteiger partial charge in [-0.2, -0.15) is 0 Å². The number of likely N-dealkylation sites (tertiary alicyclic amines) is 1. The quantitative estimate of drug-likeness (QED) is 0.724. The molecule has 2 fully saturated rings. The molecule has 0 spiro atoms. The fraction of sp³-hybridized carbons (Fsp3) is 0.933. The Morgan fingerprint density at radius 1 is 1.11 bits per heavy atom. The van der Waals surface area contributed by atoms with Crippen LogP contribution >= 0.6 is 0 Å². The summed E-state index contributed by atoms with van der Waals surface area (Å²) in [5, 5.41) is 0. The minimum absolute atomic E-state index is 0.369. The molecule has 0 radical (unpaired) electrons. The van der Waals surface area contributed by atoms with E-state index < -0.39 is 0 Å². The summed E-state index contributed by atoms with van der Waals surface area (Å²) in [4.78, 5) is 16.9. The Bertz CT molecular complexity index is 255. The third-order valence-electron chi connectivity index (χ3n) is 4.48. The van der Waals surface area contributed by atoms with Gasteiger partial charge in [-0.15, -0.1) is 0 Å². The van der Waals surface area contributed by atoms with Gasteiger partial charge in [-0.05, 0) is 45.8 Å². The van der Waals surface area contributed by atoms with Crippen molar-refractivity contribution < 1.29 is 4.79 Å². The molecule has 3 nitrogen and oxygen atoms in total. The summed E-state index contributed by atoms with van der Waals surface area (Å²) in [6.45, 7) is 5.35. The molecule has 104 valence electrons. The molecule has 0 bridgehead atoms. The molecule has 3 heteroatoms. The maximum Gasteiger partial charge on any atom is 0.149 e. The van der Waals surface area contributed by atoms with Crippen molar-refractivity contribution in [3.05, 3.63) is 0 Å². The van der Waals surface area contributed by atoms with Gasteiger partial charge in [0.25, 0.3) is 0 Å². The van der Waals surface area contributed by atoms with Gasteiger partial charge < -0.3 is 4.90 Å². The highest BCUT2D eigenvalue weighted by atomic mass is 16.1. The van der Waals surface area contributed by atoms with Crippen LogP contribution in [0, 0.1) is 5.92 Å². The minimum atomic E-state index is 0.369. The Labute approximate surface area is 112 Å². The van der Waals surface area contributed by atoms with Crippen molar-refractivity contribution in [2.24, 2.45) is 5.92 Å². The predicted molar refractivity (Wildman–Crippen MR) is 74.8 cm³/mol. The lowest BCUT2D eigenvalue weighted by atomic mass is 9.86. The predicted octanol–water partition coefficient (Wildman–Crippen LogP) is 2.16. The molecule has 0 atom stereocenters. The molecule has 1 saturated heterocycles. The lowest BCUT2D eigenvalue weighted by molar-refractivity contribution is -0.124. The second-order valence-corrected chi connectivity index (χ2v) is 6.09. The average Bonchev–Trinajstić information content (AvgIpc) is 2.90. The van der Waals surface area contributed by atoms with Crippen LogP contribution < -0.4 is 0 Å². The molecule has 1 aliphatic heterocycles. The average molecular weight is 252 g/mol. The third-order valence-corrected chi connectivity index (χ3v) is 4.48. The Morgan fingerprint density at radius 3 is 2.44 bits per heavy atom. The van der Waals surface area contributed by atoms with Crippen molar-refractivity contribution in [2.75, 3.05) is 39.8 Å². The second kappa shape index (κ2) is 7.25. The summed E-state index contributed by atoms with van der Waals surface area (Å²) in [5.41, 5.74) is 0. The van der Waals surface area contributed by atoms with Gasteiger partial charge in [-0.25, -0.2) is 0 Å². The van der Waals surface area contributed by atoms with Gasteiger partial charge >= 0.3 is 0 Å². The molecule has 0 aromatic carbocycles. The second-order valence-electron chi connectivity index (χ2n) is 6.09. The number of likely N-dealkylation sites (N-methyl/N-ethyl adjacent to an activating group) is 1. The third kappa shape index (κ3) is 4.36. The molecule has 2 aliphatic rings. The molecular formula is C15H28N2O. The topological polar surface area (TPSA) is 23.6 Å². The van der Waals surface area contributed by atoms with Gasteiger partial charge in [0.05, 0.1) is 6.54 Å². The molecule has 0 amide bonds. The van der Waals surface area contributed by atoms with Crippen molar-refractivity contribution >= 4 is 5.78 Å². The molecule has 0 N–H and O–H groups in total. The lowest BCUT2D eigenvalue weighted by Crippen LogP contribution is -2.36. The van der Waals surface area contributed by atoms with Crippen LogP contribution in [0.5, 0.6) is 0 Å². The Hall–Kier alpha value is -0.410. The van der Waals surface area contributed by atoms with E-state index in [0.29, 0.717) is 18.2 Å². The lowest BCUT2D eigenvalue weighted by Gasteiger charge is -2.24. The van der Waals surface area contributed by atoms with Crippen LogP contribution in [0.3, 0.4) is 0 Å². The molecule has 1 aliphatic carbocycles. The van der Waals surface area contributed by atoms with Crippen LogP contribution in [0.15, 0.2) is 0 Å². The van der Waals surface area contributed by atoms with E-state index in [0.717, 1.165) is 25.9 Å². The van der Waals surface area contributed by atoms with E-state index in [1.54, 1.807) is 0 Å². The minimum Gasteiger partial charge on any atom is -0.302 e. The normalized spacial score (nSPS) is 22.8. The van der Waals surface area contributed by atoms with Crippen LogP contribution in [0.1, 0.15) is 44.9 Å². The van der Waals surface area contributed by atoms with E-state index in [-0.39, 0.29) is 0 Å². The summed E-state index contributed by atoms with van der Waals surface area (Å²) >= 11 is 0. The fourth-order valence-electron chi connectivity index (χ4n) is 3.22. The SMILES string of the molecule is CN(CCN1CCCC1)CC(=O)C1CCCCC1. The van der Waals surface area contributed by atoms with E-state index >= 15 is 0 Å². The Balaban J connectivity index is 1.62. The summed E-state index contributed by atoms with van der Waals surface area (Å²) in [6.07, 6.45) is 8.82. The molecule has 1 heterocycles. The van der Waals surface area contributed by atoms with Gasteiger partial charge in [-0.1, -0.05) is 19.3 Å². The number of nitrogens with zero attached hydrogens (tertiary/aromatic N) is 2. The molecular weight excluding hydrogens is 224 g/mol. The summed E-state index contributed by atoms with van der Waals surface area (Å²) < 4.78 is 0. The first-order valence-electron chi connectivity index (χ1n) is 7.69. The maximum atomic E-state index is 12.1. The van der Waals surface area contributed by atoms with Gasteiger partial charge in [0, 0.05) is 19.0 Å². The number of rotatable bonds is 6. The summed E-state index contributed by atoms with van der Waals surface area (Å²) in [6, 6.07) is 0. The molecule has 0 aromatic rings. The largest absolute Gasteiger partial charge is 0.302 e. The summed E-state index contributed by atoms with van der Waals surface area (Å²) in [7, 11) is 2.09. The molecule has 1 saturated carbocycles. The fourth-order valence-corrected chi connectivity index (χ4v) is 3.22. The Morgan fingerprint density at radius 2 is 1.78 bits per heavy atom. The highest BCUT2D eigenvalue weighted by Gasteiger charge is 2.22. The zero-order valence-corrected chi connectivity index (χ0v) is 11.9. The Kier molecular flexibility index (Phi) is 5.64. The number of ketones is 1. The van der Waals surface area contributed by atoms with E-state index in [1.165, 1.54) is 45.2 Å². The maximum absolute atomic E-state index is 12.1. The zero-order valence-electron chi connectivity index (χ0n) is 11.9. The van der Waals surface area contributed by atoms with Gasteiger partial charge in [0.1, 0.15) is 5.78 Å². The van der Waals surface area contributed by atoms with Crippen molar-refractivity contribution in [2.45, 2.75) is 44.9 Å². The first kappa shape index (κ1) is 14.0. The van der Waals surface area contributed by atoms with Crippen LogP contribution in [0.25, 0.3) is 0 Å². The molecule has 0 unspecified atom stereocenters. The van der Waals surface area contributed by atoms with E-state index in [2.05, 4.69) is 16.8 Å². The van der Waals surface area contributed by atoms with Crippen molar-refractivity contribution in [1.82, 2.24) is 9.80 Å². The number of Topliss-reactive ketones (excluding diaryl/α,β-unsaturated/α-hetero) is 1. The van der Waals surface area contributed by atoms with Crippen molar-refractivity contribution in [1.29, 1.82) is 0 Å². The number of carbonyl (C=O) groups excluding carboxylic acids is 1. The van der Waals surface area contributed by atoms with Crippen molar-refractivity contribution in [3.8, 4) is 0 Å². The number of carbonyl (C=O) groups is 1. The highest BCUT2D eigenvalue weighted by molar-refractivity contribution is 5.83. The monoisotopic (exact) mass is 252 g/mol. The standard InChI is InChI=1S/C15H28N2O/c1-16(11-12-17-9-5-6-10-17)13-15(18)14-7-3-2-4-8-14/h14H,2-13H2,1H3. The van der Waals surface area contributed by atoms with E-state index in [4.69, 9.17) is 0 Å². The molecule has 0 aromatic heterocycles. The van der Waals surface area contributed by atoms with E-state index in [9.17, 15) is 4.79 Å². The van der Waals surface area contributed by atoms with Crippen LogP contribution in [0.2, 0.25) is 0 Å². The first-order valence-corrected chi connectivity index (χ1v) is 7.69. The van der Waals surface area contributed by atoms with Crippen LogP contribution in [-0.2, 0) is 4.79 Å². The zero-order chi connectivity index (χ0) is 12.8. The van der Waals surface area contributed by atoms with E-state index in [1.807, 2.05) is 0 Å². The number of hydrogen-bond acceptors (Lipinski definition) is 3. The van der Waals surface area contributed by atoms with Gasteiger partial charge in [0.15, 0.2) is 0 Å². The smallest absolute Gasteiger partial charge is 0.149 e. The van der Waals surface area contributed by atoms with Crippen LogP contribution in [0.4, 0.5) is 0 Å². The summed E-state index contributed by atoms with van der Waals surface area (Å²) in [5.74, 6) is 0.853. The highest BCUT2D eigenvalue weighted by Crippen LogP contribution is 2.24.